The number of thiazole rings is 1. The molecule has 0 radical (unpaired) electrons. The van der Waals surface area contributed by atoms with Crippen LogP contribution in [0.3, 0.4) is 0 Å². The number of amides is 1. The van der Waals surface area contributed by atoms with E-state index in [1.807, 2.05) is 42.5 Å². The number of benzene rings is 3. The van der Waals surface area contributed by atoms with Gasteiger partial charge in [0.05, 0.1) is 10.2 Å². The lowest BCUT2D eigenvalue weighted by Gasteiger charge is -2.14. The molecule has 0 saturated heterocycles. The molecule has 4 nitrogen and oxygen atoms in total. The second kappa shape index (κ2) is 9.20. The lowest BCUT2D eigenvalue weighted by Crippen LogP contribution is -2.20. The smallest absolute Gasteiger partial charge is 0.262 e. The Hall–Kier alpha value is -2.70. The molecule has 1 N–H and O–H groups in total. The Balaban J connectivity index is 1.40. The summed E-state index contributed by atoms with van der Waals surface area (Å²) in [6.07, 6.45) is 0. The maximum atomic E-state index is 12.4. The molecule has 0 unspecified atom stereocenters. The van der Waals surface area contributed by atoms with Gasteiger partial charge in [0.25, 0.3) is 5.91 Å². The molecule has 158 valence electrons. The third-order valence-electron chi connectivity index (χ3n) is 4.91. The number of hydrogen-bond acceptors (Lipinski definition) is 4. The van der Waals surface area contributed by atoms with Crippen molar-refractivity contribution in [2.24, 2.45) is 0 Å². The highest BCUT2D eigenvalue weighted by molar-refractivity contribution is 9.10. The van der Waals surface area contributed by atoms with Crippen LogP contribution < -0.4 is 10.1 Å². The monoisotopic (exact) mass is 494 g/mol. The summed E-state index contributed by atoms with van der Waals surface area (Å²) in [7, 11) is 0. The first-order chi connectivity index (χ1) is 14.9. The molecule has 6 heteroatoms. The highest BCUT2D eigenvalue weighted by atomic mass is 79.9. The molecule has 0 saturated carbocycles. The quantitative estimate of drug-likeness (QED) is 0.308. The number of nitrogens with zero attached hydrogens (tertiary/aromatic N) is 1. The lowest BCUT2D eigenvalue weighted by atomic mass is 10.0. The number of anilines is 1. The highest BCUT2D eigenvalue weighted by Gasteiger charge is 2.11. The highest BCUT2D eigenvalue weighted by Crippen LogP contribution is 2.32. The number of carbonyl (C=O) groups is 1. The van der Waals surface area contributed by atoms with Gasteiger partial charge in [-0.1, -0.05) is 35.8 Å². The number of carbonyl (C=O) groups excluding carboxylic acids is 1. The van der Waals surface area contributed by atoms with Gasteiger partial charge in [0.2, 0.25) is 0 Å². The average molecular weight is 495 g/mol. The summed E-state index contributed by atoms with van der Waals surface area (Å²) in [5.74, 6) is 0.838. The van der Waals surface area contributed by atoms with Crippen LogP contribution in [0.25, 0.3) is 20.8 Å². The molecule has 0 aliphatic heterocycles. The molecule has 3 aromatic carbocycles. The van der Waals surface area contributed by atoms with Crippen molar-refractivity contribution >= 4 is 49.1 Å². The Morgan fingerprint density at radius 3 is 2.61 bits per heavy atom. The van der Waals surface area contributed by atoms with Gasteiger partial charge in [-0.05, 0) is 78.6 Å². The number of hydrogen-bond donors (Lipinski definition) is 1. The molecule has 1 aromatic heterocycles. The van der Waals surface area contributed by atoms with Crippen LogP contribution in [0.4, 0.5) is 5.69 Å². The number of ether oxygens (including phenoxy) is 1. The van der Waals surface area contributed by atoms with Gasteiger partial charge >= 0.3 is 0 Å². The molecule has 1 amide bonds. The van der Waals surface area contributed by atoms with Gasteiger partial charge < -0.3 is 10.1 Å². The van der Waals surface area contributed by atoms with E-state index in [0.29, 0.717) is 5.92 Å². The second-order valence-electron chi connectivity index (χ2n) is 7.74. The molecule has 4 aromatic rings. The first kappa shape index (κ1) is 21.5. The number of aryl methyl sites for hydroxylation is 1. The molecule has 31 heavy (non-hydrogen) atoms. The molecular weight excluding hydrogens is 472 g/mol. The SMILES string of the molecule is Cc1ccc2nc(-c3ccc(NC(=O)COc4ccc(Br)cc4C(C)C)cc3)sc2c1. The maximum Gasteiger partial charge on any atom is 0.262 e. The van der Waals surface area contributed by atoms with E-state index in [0.717, 1.165) is 37.6 Å². The van der Waals surface area contributed by atoms with Gasteiger partial charge in [0.1, 0.15) is 10.8 Å². The molecule has 0 fully saturated rings. The van der Waals surface area contributed by atoms with Gasteiger partial charge in [-0.3, -0.25) is 4.79 Å². The van der Waals surface area contributed by atoms with Crippen LogP contribution >= 0.6 is 27.3 Å². The summed E-state index contributed by atoms with van der Waals surface area (Å²) in [6.45, 7) is 6.24. The zero-order valence-corrected chi connectivity index (χ0v) is 20.0. The van der Waals surface area contributed by atoms with Crippen molar-refractivity contribution < 1.29 is 9.53 Å². The van der Waals surface area contributed by atoms with E-state index in [1.165, 1.54) is 10.3 Å². The van der Waals surface area contributed by atoms with Crippen molar-refractivity contribution in [3.8, 4) is 16.3 Å². The van der Waals surface area contributed by atoms with E-state index in [1.54, 1.807) is 11.3 Å². The minimum absolute atomic E-state index is 0.0413. The zero-order chi connectivity index (χ0) is 22.0. The molecule has 0 aliphatic rings. The first-order valence-corrected chi connectivity index (χ1v) is 11.7. The standard InChI is InChI=1S/C25H23BrN2O2S/c1-15(2)20-13-18(26)7-11-22(20)30-14-24(29)27-19-8-5-17(6-9-19)25-28-21-10-4-16(3)12-23(21)31-25/h4-13,15H,14H2,1-3H3,(H,27,29). The molecule has 0 atom stereocenters. The summed E-state index contributed by atoms with van der Waals surface area (Å²) in [6, 6.07) is 19.9. The molecule has 0 bridgehead atoms. The van der Waals surface area contributed by atoms with Crippen LogP contribution in [-0.4, -0.2) is 17.5 Å². The van der Waals surface area contributed by atoms with E-state index >= 15 is 0 Å². The van der Waals surface area contributed by atoms with Crippen LogP contribution in [0.15, 0.2) is 65.1 Å². The fourth-order valence-electron chi connectivity index (χ4n) is 3.29. The van der Waals surface area contributed by atoms with Crippen LogP contribution in [-0.2, 0) is 4.79 Å². The molecule has 0 spiro atoms. The van der Waals surface area contributed by atoms with Gasteiger partial charge in [0.15, 0.2) is 6.61 Å². The van der Waals surface area contributed by atoms with Crippen molar-refractivity contribution in [3.05, 3.63) is 76.3 Å². The van der Waals surface area contributed by atoms with Crippen LogP contribution in [0, 0.1) is 6.92 Å². The van der Waals surface area contributed by atoms with Crippen molar-refractivity contribution in [2.45, 2.75) is 26.7 Å². The lowest BCUT2D eigenvalue weighted by molar-refractivity contribution is -0.118. The third-order valence-corrected chi connectivity index (χ3v) is 6.47. The Kier molecular flexibility index (Phi) is 6.39. The normalized spacial score (nSPS) is 11.1. The largest absolute Gasteiger partial charge is 0.483 e. The van der Waals surface area contributed by atoms with E-state index in [2.05, 4.69) is 60.2 Å². The van der Waals surface area contributed by atoms with Crippen molar-refractivity contribution in [3.63, 3.8) is 0 Å². The zero-order valence-electron chi connectivity index (χ0n) is 17.6. The molecule has 0 aliphatic carbocycles. The van der Waals surface area contributed by atoms with E-state index in [4.69, 9.17) is 9.72 Å². The Bertz CT molecular complexity index is 1230. The maximum absolute atomic E-state index is 12.4. The van der Waals surface area contributed by atoms with Crippen molar-refractivity contribution in [1.29, 1.82) is 0 Å². The summed E-state index contributed by atoms with van der Waals surface area (Å²) in [4.78, 5) is 17.1. The number of aromatic nitrogens is 1. The summed E-state index contributed by atoms with van der Waals surface area (Å²) in [5, 5.41) is 3.87. The van der Waals surface area contributed by atoms with Gasteiger partial charge in [-0.2, -0.15) is 0 Å². The van der Waals surface area contributed by atoms with Gasteiger partial charge in [0, 0.05) is 15.7 Å². The predicted octanol–water partition coefficient (Wildman–Crippen LogP) is 7.18. The molecular formula is C25H23BrN2O2S. The third kappa shape index (κ3) is 5.14. The first-order valence-electron chi connectivity index (χ1n) is 10.1. The van der Waals surface area contributed by atoms with Crippen molar-refractivity contribution in [2.75, 3.05) is 11.9 Å². The van der Waals surface area contributed by atoms with Crippen LogP contribution in [0.5, 0.6) is 5.75 Å². The number of nitrogens with one attached hydrogen (secondary N) is 1. The van der Waals surface area contributed by atoms with Crippen LogP contribution in [0.1, 0.15) is 30.9 Å². The number of halogens is 1. The number of rotatable bonds is 6. The fraction of sp³-hybridized carbons (Fsp3) is 0.200. The Morgan fingerprint density at radius 2 is 1.87 bits per heavy atom. The van der Waals surface area contributed by atoms with E-state index in [9.17, 15) is 4.79 Å². The minimum atomic E-state index is -0.194. The summed E-state index contributed by atoms with van der Waals surface area (Å²) in [5.41, 5.74) is 5.07. The van der Waals surface area contributed by atoms with E-state index < -0.39 is 0 Å². The Labute approximate surface area is 194 Å². The molecule has 4 rings (SSSR count). The van der Waals surface area contributed by atoms with Crippen molar-refractivity contribution in [1.82, 2.24) is 4.98 Å². The average Bonchev–Trinajstić information content (AvgIpc) is 3.16. The van der Waals surface area contributed by atoms with Gasteiger partial charge in [-0.15, -0.1) is 11.3 Å². The fourth-order valence-corrected chi connectivity index (χ4v) is 4.74. The Morgan fingerprint density at radius 1 is 1.10 bits per heavy atom. The minimum Gasteiger partial charge on any atom is -0.483 e. The topological polar surface area (TPSA) is 51.2 Å². The molecule has 1 heterocycles. The predicted molar refractivity (Wildman–Crippen MR) is 132 cm³/mol. The second-order valence-corrected chi connectivity index (χ2v) is 9.69. The summed E-state index contributed by atoms with van der Waals surface area (Å²) < 4.78 is 7.96. The van der Waals surface area contributed by atoms with Crippen LogP contribution in [0.2, 0.25) is 0 Å². The summed E-state index contributed by atoms with van der Waals surface area (Å²) >= 11 is 5.16. The van der Waals surface area contributed by atoms with E-state index in [-0.39, 0.29) is 12.5 Å². The van der Waals surface area contributed by atoms with Gasteiger partial charge in [-0.25, -0.2) is 4.98 Å². The number of fused-ring (bicyclic) bond motifs is 1.